The minimum atomic E-state index is -0.718. The van der Waals surface area contributed by atoms with Gasteiger partial charge in [0.25, 0.3) is 5.91 Å². The first-order chi connectivity index (χ1) is 17.3. The van der Waals surface area contributed by atoms with E-state index in [4.69, 9.17) is 0 Å². The van der Waals surface area contributed by atoms with E-state index in [0.717, 1.165) is 19.4 Å². The van der Waals surface area contributed by atoms with Gasteiger partial charge in [0.1, 0.15) is 6.04 Å². The quantitative estimate of drug-likeness (QED) is 0.207. The molecular formula is C27H53N5O5. The molecule has 0 bridgehead atoms. The van der Waals surface area contributed by atoms with Crippen molar-refractivity contribution in [3.05, 3.63) is 12.7 Å². The Bertz CT molecular complexity index is 653. The summed E-state index contributed by atoms with van der Waals surface area (Å²) in [5.41, 5.74) is -0.300. The molecule has 4 N–H and O–H groups in total. The molecule has 0 aromatic heterocycles. The zero-order valence-corrected chi connectivity index (χ0v) is 24.7. The van der Waals surface area contributed by atoms with Gasteiger partial charge in [0, 0.05) is 26.2 Å². The maximum atomic E-state index is 12.5. The second-order valence-electron chi connectivity index (χ2n) is 9.67. The van der Waals surface area contributed by atoms with Gasteiger partial charge in [-0.05, 0) is 25.2 Å². The van der Waals surface area contributed by atoms with Crippen molar-refractivity contribution in [2.24, 2.45) is 5.41 Å². The molecule has 1 heterocycles. The lowest BCUT2D eigenvalue weighted by atomic mass is 9.85. The number of amides is 5. The number of nitrogens with one attached hydrogen (secondary N) is 4. The van der Waals surface area contributed by atoms with Gasteiger partial charge in [-0.2, -0.15) is 0 Å². The predicted octanol–water partition coefficient (Wildman–Crippen LogP) is 3.17. The molecule has 0 spiro atoms. The summed E-state index contributed by atoms with van der Waals surface area (Å²) < 4.78 is 0. The Morgan fingerprint density at radius 3 is 1.97 bits per heavy atom. The van der Waals surface area contributed by atoms with Crippen molar-refractivity contribution >= 4 is 30.0 Å². The van der Waals surface area contributed by atoms with Crippen LogP contribution < -0.4 is 21.3 Å². The maximum Gasteiger partial charge on any atom is 0.315 e. The topological polar surface area (TPSA) is 137 Å². The van der Waals surface area contributed by atoms with E-state index in [1.54, 1.807) is 7.05 Å². The zero-order valence-electron chi connectivity index (χ0n) is 24.7. The highest BCUT2D eigenvalue weighted by atomic mass is 16.2. The van der Waals surface area contributed by atoms with Crippen LogP contribution in [0.2, 0.25) is 0 Å². The molecule has 1 rings (SSSR count). The Morgan fingerprint density at radius 1 is 1.08 bits per heavy atom. The number of urea groups is 1. The largest absolute Gasteiger partial charge is 0.351 e. The van der Waals surface area contributed by atoms with Crippen molar-refractivity contribution in [1.82, 2.24) is 26.2 Å². The second kappa shape index (κ2) is 23.5. The molecule has 1 aliphatic rings. The van der Waals surface area contributed by atoms with E-state index >= 15 is 0 Å². The average Bonchev–Trinajstić information content (AvgIpc) is 3.29. The molecule has 2 unspecified atom stereocenters. The third-order valence-corrected chi connectivity index (χ3v) is 4.96. The average molecular weight is 528 g/mol. The van der Waals surface area contributed by atoms with Crippen LogP contribution in [0, 0.1) is 5.41 Å². The number of carbonyl (C=O) groups excluding carboxylic acids is 5. The number of carbonyl (C=O) groups is 5. The molecule has 10 nitrogen and oxygen atoms in total. The summed E-state index contributed by atoms with van der Waals surface area (Å²) in [6.45, 7) is 20.7. The molecule has 2 atom stereocenters. The molecule has 216 valence electrons. The molecule has 0 saturated carbocycles. The molecule has 37 heavy (non-hydrogen) atoms. The first-order valence-electron chi connectivity index (χ1n) is 13.2. The van der Waals surface area contributed by atoms with Crippen molar-refractivity contribution in [1.29, 1.82) is 0 Å². The van der Waals surface area contributed by atoms with Gasteiger partial charge in [-0.25, -0.2) is 4.79 Å². The Morgan fingerprint density at radius 2 is 1.62 bits per heavy atom. The van der Waals surface area contributed by atoms with Crippen LogP contribution in [0.5, 0.6) is 0 Å². The third-order valence-electron chi connectivity index (χ3n) is 4.96. The van der Waals surface area contributed by atoms with Gasteiger partial charge >= 0.3 is 6.03 Å². The Labute approximate surface area is 224 Å². The molecule has 0 aromatic rings. The number of hydrogen-bond acceptors (Lipinski definition) is 5. The fourth-order valence-corrected chi connectivity index (χ4v) is 2.76. The summed E-state index contributed by atoms with van der Waals surface area (Å²) in [4.78, 5) is 57.1. The van der Waals surface area contributed by atoms with Crippen molar-refractivity contribution in [3.8, 4) is 0 Å². The normalized spacial score (nSPS) is 14.5. The van der Waals surface area contributed by atoms with E-state index < -0.39 is 17.7 Å². The second-order valence-corrected chi connectivity index (χ2v) is 9.67. The van der Waals surface area contributed by atoms with Crippen LogP contribution in [-0.4, -0.2) is 73.7 Å². The van der Waals surface area contributed by atoms with E-state index in [-0.39, 0.29) is 36.5 Å². The minimum Gasteiger partial charge on any atom is -0.351 e. The fraction of sp³-hybridized carbons (Fsp3) is 0.741. The van der Waals surface area contributed by atoms with Gasteiger partial charge in [-0.3, -0.25) is 19.2 Å². The molecule has 10 heteroatoms. The monoisotopic (exact) mass is 527 g/mol. The molecular weight excluding hydrogens is 474 g/mol. The fourth-order valence-electron chi connectivity index (χ4n) is 2.76. The number of ketones is 1. The van der Waals surface area contributed by atoms with E-state index in [1.165, 1.54) is 25.3 Å². The van der Waals surface area contributed by atoms with E-state index in [2.05, 4.69) is 62.5 Å². The first kappa shape index (κ1) is 38.6. The molecule has 1 saturated heterocycles. The summed E-state index contributed by atoms with van der Waals surface area (Å²) >= 11 is 0. The van der Waals surface area contributed by atoms with Crippen LogP contribution in [0.3, 0.4) is 0 Å². The zero-order chi connectivity index (χ0) is 29.4. The molecule has 0 radical (unpaired) electrons. The van der Waals surface area contributed by atoms with Crippen LogP contribution in [-0.2, 0) is 19.2 Å². The highest BCUT2D eigenvalue weighted by molar-refractivity contribution is 6.37. The number of rotatable bonds is 9. The van der Waals surface area contributed by atoms with Gasteiger partial charge in [0.2, 0.25) is 18.1 Å². The van der Waals surface area contributed by atoms with Crippen LogP contribution in [0.1, 0.15) is 87.5 Å². The van der Waals surface area contributed by atoms with Crippen molar-refractivity contribution in [3.63, 3.8) is 0 Å². The first-order valence-corrected chi connectivity index (χ1v) is 13.2. The number of nitrogens with zero attached hydrogens (tertiary/aromatic N) is 1. The van der Waals surface area contributed by atoms with Crippen LogP contribution in [0.4, 0.5) is 4.79 Å². The lowest BCUT2D eigenvalue weighted by Crippen LogP contribution is -2.56. The Kier molecular flexibility index (Phi) is 24.5. The van der Waals surface area contributed by atoms with Gasteiger partial charge in [-0.1, -0.05) is 73.8 Å². The van der Waals surface area contributed by atoms with Crippen LogP contribution >= 0.6 is 0 Å². The summed E-state index contributed by atoms with van der Waals surface area (Å²) in [7, 11) is 1.55. The Balaban J connectivity index is -0.000000523. The van der Waals surface area contributed by atoms with E-state index in [1.807, 2.05) is 25.7 Å². The smallest absolute Gasteiger partial charge is 0.315 e. The lowest BCUT2D eigenvalue weighted by Gasteiger charge is -2.34. The molecule has 0 aromatic carbocycles. The van der Waals surface area contributed by atoms with Crippen molar-refractivity contribution in [2.45, 2.75) is 99.6 Å². The lowest BCUT2D eigenvalue weighted by molar-refractivity contribution is -0.137. The summed E-state index contributed by atoms with van der Waals surface area (Å²) in [6.07, 6.45) is 7.79. The van der Waals surface area contributed by atoms with Gasteiger partial charge in [-0.15, -0.1) is 6.58 Å². The maximum absolute atomic E-state index is 12.5. The van der Waals surface area contributed by atoms with Gasteiger partial charge in [0.15, 0.2) is 0 Å². The minimum absolute atomic E-state index is 0.0242. The third kappa shape index (κ3) is 19.9. The standard InChI is InChI=1S/C13H25N3O2.C7H10N2O3.C4H10.C3H8/c1-9-7-6-8-16(9)11(17)10(13(2,3)4)15-12(18)14-5;1-2-3-9-7(12)6(11)4-8-5-10;1-3-4-2;1-3-2/h9-10H,6-8H2,1-5H3,(H2,14,15,18);2,5H,1,3-4H2,(H,8,10)(H,9,12);3-4H2,1-2H3;3H2,1-2H3. The highest BCUT2D eigenvalue weighted by Gasteiger charge is 2.38. The summed E-state index contributed by atoms with van der Waals surface area (Å²) in [5.74, 6) is -1.37. The number of unbranched alkanes of at least 4 members (excludes halogenated alkanes) is 1. The number of Topliss-reactive ketones (excluding diaryl/α,β-unsaturated/α-hetero) is 1. The van der Waals surface area contributed by atoms with E-state index in [9.17, 15) is 24.0 Å². The van der Waals surface area contributed by atoms with Crippen LogP contribution in [0.15, 0.2) is 12.7 Å². The SMILES string of the molecule is C=CCNC(=O)C(=O)CNC=O.CCC.CCCC.CNC(=O)NC(C(=O)N1CCCC1C)C(C)(C)C. The number of hydrogen-bond donors (Lipinski definition) is 4. The number of likely N-dealkylation sites (tertiary alicyclic amines) is 1. The predicted molar refractivity (Wildman–Crippen MR) is 150 cm³/mol. The molecule has 1 fully saturated rings. The van der Waals surface area contributed by atoms with Crippen LogP contribution in [0.25, 0.3) is 0 Å². The molecule has 0 aliphatic carbocycles. The highest BCUT2D eigenvalue weighted by Crippen LogP contribution is 2.25. The van der Waals surface area contributed by atoms with Gasteiger partial charge < -0.3 is 26.2 Å². The van der Waals surface area contributed by atoms with E-state index in [0.29, 0.717) is 6.41 Å². The van der Waals surface area contributed by atoms with Crippen molar-refractivity contribution < 1.29 is 24.0 Å². The molecule has 1 aliphatic heterocycles. The summed E-state index contributed by atoms with van der Waals surface area (Å²) in [6, 6.07) is -0.526. The Hall–Kier alpha value is -2.91. The van der Waals surface area contributed by atoms with Crippen molar-refractivity contribution in [2.75, 3.05) is 26.7 Å². The molecule has 5 amide bonds. The van der Waals surface area contributed by atoms with Gasteiger partial charge in [0.05, 0.1) is 6.54 Å². The summed E-state index contributed by atoms with van der Waals surface area (Å²) in [5, 5.41) is 9.63.